The number of nitrogens with zero attached hydrogens (tertiary/aromatic N) is 2. The maximum absolute atomic E-state index is 14.0. The second-order valence-corrected chi connectivity index (χ2v) is 12.8. The van der Waals surface area contributed by atoms with Gasteiger partial charge in [-0.3, -0.25) is 13.9 Å². The van der Waals surface area contributed by atoms with Crippen LogP contribution in [0.4, 0.5) is 5.69 Å². The Hall–Kier alpha value is -3.27. The van der Waals surface area contributed by atoms with Gasteiger partial charge in [0.05, 0.1) is 27.7 Å². The fourth-order valence-electron chi connectivity index (χ4n) is 4.00. The van der Waals surface area contributed by atoms with Crippen LogP contribution < -0.4 is 14.4 Å². The number of benzene rings is 3. The molecule has 11 heteroatoms. The zero-order chi connectivity index (χ0) is 30.3. The number of hydrogen-bond acceptors (Lipinski definition) is 5. The Morgan fingerprint density at radius 3 is 2.24 bits per heavy atom. The van der Waals surface area contributed by atoms with Crippen LogP contribution in [0.1, 0.15) is 31.9 Å². The van der Waals surface area contributed by atoms with Crippen LogP contribution in [-0.2, 0) is 26.2 Å². The summed E-state index contributed by atoms with van der Waals surface area (Å²) in [7, 11) is -2.71. The number of sulfonamides is 1. The van der Waals surface area contributed by atoms with Gasteiger partial charge in [-0.05, 0) is 61.7 Å². The van der Waals surface area contributed by atoms with Crippen molar-refractivity contribution in [2.45, 2.75) is 45.2 Å². The molecule has 0 aliphatic rings. The van der Waals surface area contributed by atoms with E-state index in [1.54, 1.807) is 61.5 Å². The number of nitrogens with one attached hydrogen (secondary N) is 1. The molecule has 0 radical (unpaired) electrons. The Labute approximate surface area is 252 Å². The first-order chi connectivity index (χ1) is 19.3. The SMILES string of the molecule is COc1cccc(N(CC(=O)N(Cc2ccc(Cl)c(Cl)c2)[C@H](C)C(=O)NCC(C)C)S(=O)(=O)c2ccc(C)cc2)c1. The van der Waals surface area contributed by atoms with E-state index in [9.17, 15) is 18.0 Å². The molecule has 0 aliphatic carbocycles. The highest BCUT2D eigenvalue weighted by Gasteiger charge is 2.32. The van der Waals surface area contributed by atoms with Gasteiger partial charge in [-0.15, -0.1) is 0 Å². The fourth-order valence-corrected chi connectivity index (χ4v) is 5.73. The van der Waals surface area contributed by atoms with E-state index in [1.807, 2.05) is 20.8 Å². The molecule has 3 aromatic carbocycles. The standard InChI is InChI=1S/C30H35Cl2N3O5S/c1-20(2)17-33-30(37)22(4)34(18-23-11-14-27(31)28(32)15-23)29(36)19-35(24-7-6-8-25(16-24)40-5)41(38,39)26-12-9-21(3)10-13-26/h6-16,20,22H,17-19H2,1-5H3,(H,33,37)/t22-/m1/s1. The number of carbonyl (C=O) groups is 2. The summed E-state index contributed by atoms with van der Waals surface area (Å²) in [4.78, 5) is 28.5. The van der Waals surface area contributed by atoms with Gasteiger partial charge in [0.2, 0.25) is 11.8 Å². The van der Waals surface area contributed by atoms with Gasteiger partial charge in [0.1, 0.15) is 18.3 Å². The molecule has 0 heterocycles. The Kier molecular flexibility index (Phi) is 11.1. The van der Waals surface area contributed by atoms with Crippen molar-refractivity contribution in [3.05, 3.63) is 87.9 Å². The minimum atomic E-state index is -4.19. The van der Waals surface area contributed by atoms with Crippen molar-refractivity contribution in [1.29, 1.82) is 0 Å². The van der Waals surface area contributed by atoms with Gasteiger partial charge in [0.25, 0.3) is 10.0 Å². The van der Waals surface area contributed by atoms with Gasteiger partial charge in [-0.2, -0.15) is 0 Å². The van der Waals surface area contributed by atoms with Gasteiger partial charge < -0.3 is 15.0 Å². The van der Waals surface area contributed by atoms with Gasteiger partial charge in [-0.1, -0.05) is 66.9 Å². The summed E-state index contributed by atoms with van der Waals surface area (Å²) in [6.45, 7) is 7.25. The molecule has 0 fully saturated rings. The summed E-state index contributed by atoms with van der Waals surface area (Å²) in [6.07, 6.45) is 0. The molecule has 8 nitrogen and oxygen atoms in total. The van der Waals surface area contributed by atoms with E-state index in [4.69, 9.17) is 27.9 Å². The van der Waals surface area contributed by atoms with Crippen LogP contribution in [0.25, 0.3) is 0 Å². The van der Waals surface area contributed by atoms with Crippen LogP contribution in [0, 0.1) is 12.8 Å². The predicted octanol–water partition coefficient (Wildman–Crippen LogP) is 5.70. The number of ether oxygens (including phenoxy) is 1. The van der Waals surface area contributed by atoms with Crippen molar-refractivity contribution in [2.24, 2.45) is 5.92 Å². The van der Waals surface area contributed by atoms with E-state index in [0.717, 1.165) is 9.87 Å². The summed E-state index contributed by atoms with van der Waals surface area (Å²) < 4.78 is 34.2. The molecule has 41 heavy (non-hydrogen) atoms. The van der Waals surface area contributed by atoms with Crippen LogP contribution in [0.3, 0.4) is 0 Å². The fraction of sp³-hybridized carbons (Fsp3) is 0.333. The summed E-state index contributed by atoms with van der Waals surface area (Å²) in [5, 5.41) is 3.51. The van der Waals surface area contributed by atoms with E-state index in [2.05, 4.69) is 5.32 Å². The summed E-state index contributed by atoms with van der Waals surface area (Å²) in [5.41, 5.74) is 1.76. The third-order valence-electron chi connectivity index (χ3n) is 6.42. The maximum Gasteiger partial charge on any atom is 0.264 e. The van der Waals surface area contributed by atoms with Gasteiger partial charge in [0, 0.05) is 19.2 Å². The molecule has 1 atom stereocenters. The van der Waals surface area contributed by atoms with Crippen LogP contribution in [0.15, 0.2) is 71.6 Å². The number of halogens is 2. The van der Waals surface area contributed by atoms with Gasteiger partial charge in [-0.25, -0.2) is 8.42 Å². The topological polar surface area (TPSA) is 96.0 Å². The molecule has 3 rings (SSSR count). The molecule has 0 aromatic heterocycles. The van der Waals surface area contributed by atoms with Crippen molar-refractivity contribution in [3.8, 4) is 5.75 Å². The normalized spacial score (nSPS) is 12.1. The third-order valence-corrected chi connectivity index (χ3v) is 8.95. The first-order valence-corrected chi connectivity index (χ1v) is 15.3. The van der Waals surface area contributed by atoms with Crippen molar-refractivity contribution in [2.75, 3.05) is 24.5 Å². The van der Waals surface area contributed by atoms with Gasteiger partial charge >= 0.3 is 0 Å². The lowest BCUT2D eigenvalue weighted by Crippen LogP contribution is -2.51. The first-order valence-electron chi connectivity index (χ1n) is 13.1. The average molecular weight is 621 g/mol. The molecule has 0 saturated carbocycles. The number of amides is 2. The Bertz CT molecular complexity index is 1480. The quantitative estimate of drug-likeness (QED) is 0.281. The summed E-state index contributed by atoms with van der Waals surface area (Å²) in [6, 6.07) is 16.8. The number of methoxy groups -OCH3 is 1. The average Bonchev–Trinajstić information content (AvgIpc) is 2.94. The number of rotatable bonds is 12. The Morgan fingerprint density at radius 1 is 0.951 bits per heavy atom. The minimum absolute atomic E-state index is 0.00250. The van der Waals surface area contributed by atoms with Crippen LogP contribution >= 0.6 is 23.2 Å². The highest BCUT2D eigenvalue weighted by Crippen LogP contribution is 2.28. The van der Waals surface area contributed by atoms with E-state index in [-0.39, 0.29) is 29.0 Å². The highest BCUT2D eigenvalue weighted by atomic mass is 35.5. The Morgan fingerprint density at radius 2 is 1.63 bits per heavy atom. The van der Waals surface area contributed by atoms with Crippen molar-refractivity contribution in [3.63, 3.8) is 0 Å². The molecule has 0 aliphatic heterocycles. The van der Waals surface area contributed by atoms with E-state index in [0.29, 0.717) is 27.9 Å². The third kappa shape index (κ3) is 8.38. The molecule has 220 valence electrons. The second kappa shape index (κ2) is 14.1. The molecule has 0 spiro atoms. The zero-order valence-electron chi connectivity index (χ0n) is 23.7. The molecule has 0 saturated heterocycles. The summed E-state index contributed by atoms with van der Waals surface area (Å²) >= 11 is 12.3. The minimum Gasteiger partial charge on any atom is -0.497 e. The molecular weight excluding hydrogens is 585 g/mol. The number of anilines is 1. The lowest BCUT2D eigenvalue weighted by Gasteiger charge is -2.32. The summed E-state index contributed by atoms with van der Waals surface area (Å²) in [5.74, 6) is -0.315. The molecule has 2 amide bonds. The number of aryl methyl sites for hydroxylation is 1. The zero-order valence-corrected chi connectivity index (χ0v) is 26.1. The highest BCUT2D eigenvalue weighted by molar-refractivity contribution is 7.92. The van der Waals surface area contributed by atoms with Crippen LogP contribution in [0.5, 0.6) is 5.75 Å². The molecular formula is C30H35Cl2N3O5S. The smallest absolute Gasteiger partial charge is 0.264 e. The lowest BCUT2D eigenvalue weighted by molar-refractivity contribution is -0.139. The number of carbonyl (C=O) groups excluding carboxylic acids is 2. The van der Waals surface area contributed by atoms with E-state index >= 15 is 0 Å². The Balaban J connectivity index is 2.04. The van der Waals surface area contributed by atoms with Crippen LogP contribution in [0.2, 0.25) is 10.0 Å². The predicted molar refractivity (Wildman–Crippen MR) is 163 cm³/mol. The maximum atomic E-state index is 14.0. The second-order valence-electron chi connectivity index (χ2n) is 10.1. The molecule has 1 N–H and O–H groups in total. The van der Waals surface area contributed by atoms with Crippen molar-refractivity contribution >= 4 is 50.7 Å². The van der Waals surface area contributed by atoms with E-state index < -0.39 is 28.5 Å². The first kappa shape index (κ1) is 32.2. The van der Waals surface area contributed by atoms with Crippen LogP contribution in [-0.4, -0.2) is 51.4 Å². The van der Waals surface area contributed by atoms with Gasteiger partial charge in [0.15, 0.2) is 0 Å². The molecule has 0 unspecified atom stereocenters. The van der Waals surface area contributed by atoms with E-state index in [1.165, 1.54) is 24.1 Å². The largest absolute Gasteiger partial charge is 0.497 e. The molecule has 3 aromatic rings. The van der Waals surface area contributed by atoms with Crippen molar-refractivity contribution in [1.82, 2.24) is 10.2 Å². The number of hydrogen-bond donors (Lipinski definition) is 1. The molecule has 0 bridgehead atoms. The monoisotopic (exact) mass is 619 g/mol. The van der Waals surface area contributed by atoms with Crippen molar-refractivity contribution < 1.29 is 22.7 Å². The lowest BCUT2D eigenvalue weighted by atomic mass is 10.1.